The second kappa shape index (κ2) is 6.31. The molecule has 0 saturated carbocycles. The number of hydrogen-bond donors (Lipinski definition) is 0. The molecule has 114 valence electrons. The Hall–Kier alpha value is -1.52. The number of rotatable bonds is 4. The van der Waals surface area contributed by atoms with Gasteiger partial charge < -0.3 is 4.90 Å². The van der Waals surface area contributed by atoms with E-state index in [1.165, 1.54) is 54.8 Å². The number of hydrogen-bond acceptors (Lipinski definition) is 4. The number of allylic oxidation sites excluding steroid dienone is 4. The molecule has 2 aliphatic heterocycles. The molecule has 1 aliphatic carbocycles. The van der Waals surface area contributed by atoms with Gasteiger partial charge in [-0.3, -0.25) is 0 Å². The molecule has 1 aromatic rings. The van der Waals surface area contributed by atoms with Crippen molar-refractivity contribution in [2.24, 2.45) is 10.2 Å². The summed E-state index contributed by atoms with van der Waals surface area (Å²) < 4.78 is 0. The molecule has 1 saturated heterocycles. The van der Waals surface area contributed by atoms with E-state index in [0.717, 1.165) is 25.1 Å². The molecule has 0 aromatic carbocycles. The van der Waals surface area contributed by atoms with Crippen molar-refractivity contribution in [1.29, 1.82) is 0 Å². The first-order valence-electron chi connectivity index (χ1n) is 8.20. The smallest absolute Gasteiger partial charge is 0.0765 e. The SMILES string of the molecule is C1=C2C(CCN3CCCCC3)=NN=C2CC(c2ccsc2)=C1. The molecular weight excluding hydrogens is 290 g/mol. The van der Waals surface area contributed by atoms with Crippen LogP contribution in [-0.2, 0) is 0 Å². The molecule has 22 heavy (non-hydrogen) atoms. The lowest BCUT2D eigenvalue weighted by molar-refractivity contribution is 0.235. The number of thiophene rings is 1. The lowest BCUT2D eigenvalue weighted by Crippen LogP contribution is -2.32. The van der Waals surface area contributed by atoms with Gasteiger partial charge in [-0.2, -0.15) is 21.5 Å². The number of fused-ring (bicyclic) bond motifs is 1. The van der Waals surface area contributed by atoms with Crippen LogP contribution in [0.2, 0.25) is 0 Å². The average Bonchev–Trinajstić information content (AvgIpc) is 3.23. The predicted molar refractivity (Wildman–Crippen MR) is 94.8 cm³/mol. The lowest BCUT2D eigenvalue weighted by atomic mass is 9.90. The molecule has 3 aliphatic rings. The van der Waals surface area contributed by atoms with Gasteiger partial charge in [-0.1, -0.05) is 18.6 Å². The fourth-order valence-corrected chi connectivity index (χ4v) is 4.10. The molecular formula is C18H21N3S. The Labute approximate surface area is 135 Å². The van der Waals surface area contributed by atoms with E-state index in [2.05, 4.69) is 44.1 Å². The molecule has 0 bridgehead atoms. The van der Waals surface area contributed by atoms with Crippen LogP contribution in [0.1, 0.15) is 37.7 Å². The second-order valence-electron chi connectivity index (χ2n) is 6.21. The summed E-state index contributed by atoms with van der Waals surface area (Å²) in [7, 11) is 0. The van der Waals surface area contributed by atoms with Crippen LogP contribution in [0.25, 0.3) is 5.57 Å². The van der Waals surface area contributed by atoms with Crippen molar-refractivity contribution < 1.29 is 0 Å². The van der Waals surface area contributed by atoms with Gasteiger partial charge in [0.15, 0.2) is 0 Å². The van der Waals surface area contributed by atoms with Crippen LogP contribution in [0.3, 0.4) is 0 Å². The quantitative estimate of drug-likeness (QED) is 0.821. The maximum absolute atomic E-state index is 4.46. The van der Waals surface area contributed by atoms with Crippen molar-refractivity contribution in [3.63, 3.8) is 0 Å². The molecule has 4 rings (SSSR count). The summed E-state index contributed by atoms with van der Waals surface area (Å²) in [5.74, 6) is 0. The minimum atomic E-state index is 0.916. The molecule has 3 nitrogen and oxygen atoms in total. The van der Waals surface area contributed by atoms with Crippen molar-refractivity contribution in [2.45, 2.75) is 32.1 Å². The Morgan fingerprint density at radius 2 is 2.00 bits per heavy atom. The van der Waals surface area contributed by atoms with Gasteiger partial charge in [0.1, 0.15) is 0 Å². The highest BCUT2D eigenvalue weighted by molar-refractivity contribution is 7.08. The van der Waals surface area contributed by atoms with Crippen molar-refractivity contribution in [3.05, 3.63) is 40.1 Å². The summed E-state index contributed by atoms with van der Waals surface area (Å²) in [5.41, 5.74) is 6.29. The molecule has 1 fully saturated rings. The minimum absolute atomic E-state index is 0.916. The first kappa shape index (κ1) is 14.1. The van der Waals surface area contributed by atoms with Gasteiger partial charge >= 0.3 is 0 Å². The predicted octanol–water partition coefficient (Wildman–Crippen LogP) is 4.15. The summed E-state index contributed by atoms with van der Waals surface area (Å²) in [4.78, 5) is 2.57. The topological polar surface area (TPSA) is 28.0 Å². The molecule has 0 spiro atoms. The van der Waals surface area contributed by atoms with Crippen LogP contribution < -0.4 is 0 Å². The average molecular weight is 311 g/mol. The van der Waals surface area contributed by atoms with Crippen molar-refractivity contribution in [2.75, 3.05) is 19.6 Å². The van der Waals surface area contributed by atoms with Crippen LogP contribution in [0.15, 0.2) is 44.8 Å². The van der Waals surface area contributed by atoms with Gasteiger partial charge in [0, 0.05) is 25.0 Å². The molecule has 3 heterocycles. The molecule has 0 radical (unpaired) electrons. The van der Waals surface area contributed by atoms with E-state index in [9.17, 15) is 0 Å². The highest BCUT2D eigenvalue weighted by Crippen LogP contribution is 2.30. The highest BCUT2D eigenvalue weighted by atomic mass is 32.1. The number of piperidine rings is 1. The molecule has 4 heteroatoms. The third-order valence-electron chi connectivity index (χ3n) is 4.73. The summed E-state index contributed by atoms with van der Waals surface area (Å²) >= 11 is 1.75. The summed E-state index contributed by atoms with van der Waals surface area (Å²) in [6.45, 7) is 3.63. The van der Waals surface area contributed by atoms with E-state index >= 15 is 0 Å². The Bertz CT molecular complexity index is 659. The van der Waals surface area contributed by atoms with Gasteiger partial charge in [-0.15, -0.1) is 0 Å². The maximum Gasteiger partial charge on any atom is 0.0765 e. The highest BCUT2D eigenvalue weighted by Gasteiger charge is 2.24. The lowest BCUT2D eigenvalue weighted by Gasteiger charge is -2.26. The Balaban J connectivity index is 1.42. The zero-order valence-electron chi connectivity index (χ0n) is 12.8. The van der Waals surface area contributed by atoms with Crippen molar-refractivity contribution >= 4 is 28.3 Å². The summed E-state index contributed by atoms with van der Waals surface area (Å²) in [6.07, 6.45) is 10.5. The first-order chi connectivity index (χ1) is 10.9. The van der Waals surface area contributed by atoms with Crippen LogP contribution in [-0.4, -0.2) is 36.0 Å². The third kappa shape index (κ3) is 2.85. The molecule has 0 unspecified atom stereocenters. The zero-order valence-corrected chi connectivity index (χ0v) is 13.6. The first-order valence-corrected chi connectivity index (χ1v) is 9.14. The second-order valence-corrected chi connectivity index (χ2v) is 6.99. The van der Waals surface area contributed by atoms with Gasteiger partial charge in [-0.25, -0.2) is 0 Å². The van der Waals surface area contributed by atoms with Crippen molar-refractivity contribution in [3.8, 4) is 0 Å². The van der Waals surface area contributed by atoms with Gasteiger partial charge in [0.2, 0.25) is 0 Å². The molecule has 0 amide bonds. The minimum Gasteiger partial charge on any atom is -0.303 e. The largest absolute Gasteiger partial charge is 0.303 e. The van der Waals surface area contributed by atoms with E-state index in [4.69, 9.17) is 0 Å². The third-order valence-corrected chi connectivity index (χ3v) is 5.41. The maximum atomic E-state index is 4.46. The van der Waals surface area contributed by atoms with E-state index in [0.29, 0.717) is 0 Å². The normalized spacial score (nSPS) is 21.8. The van der Waals surface area contributed by atoms with Gasteiger partial charge in [0.25, 0.3) is 0 Å². The molecule has 1 aromatic heterocycles. The Morgan fingerprint density at radius 3 is 2.82 bits per heavy atom. The van der Waals surface area contributed by atoms with Crippen molar-refractivity contribution in [1.82, 2.24) is 4.90 Å². The van der Waals surface area contributed by atoms with E-state index in [1.54, 1.807) is 11.3 Å². The molecule has 0 N–H and O–H groups in total. The standard InChI is InChI=1S/C18H21N3S/c1-2-8-21(9-3-1)10-6-17-16-5-4-14(12-18(16)20-19-17)15-7-11-22-13-15/h4-5,7,11,13H,1-3,6,8-10,12H2. The fourth-order valence-electron chi connectivity index (χ4n) is 3.42. The fraction of sp³-hybridized carbons (Fsp3) is 0.444. The Morgan fingerprint density at radius 1 is 1.09 bits per heavy atom. The van der Waals surface area contributed by atoms with E-state index < -0.39 is 0 Å². The van der Waals surface area contributed by atoms with Crippen LogP contribution in [0, 0.1) is 0 Å². The van der Waals surface area contributed by atoms with Crippen LogP contribution in [0.5, 0.6) is 0 Å². The summed E-state index contributed by atoms with van der Waals surface area (Å²) in [5, 5.41) is 13.2. The van der Waals surface area contributed by atoms with E-state index in [1.807, 2.05) is 0 Å². The van der Waals surface area contributed by atoms with Crippen LogP contribution in [0.4, 0.5) is 0 Å². The number of likely N-dealkylation sites (tertiary alicyclic amines) is 1. The van der Waals surface area contributed by atoms with Crippen LogP contribution >= 0.6 is 11.3 Å². The summed E-state index contributed by atoms with van der Waals surface area (Å²) in [6, 6.07) is 2.18. The Kier molecular flexibility index (Phi) is 4.04. The number of nitrogens with zero attached hydrogens (tertiary/aromatic N) is 3. The molecule has 0 atom stereocenters. The van der Waals surface area contributed by atoms with Gasteiger partial charge in [0.05, 0.1) is 11.4 Å². The zero-order chi connectivity index (χ0) is 14.8. The van der Waals surface area contributed by atoms with Gasteiger partial charge in [-0.05, 0) is 53.9 Å². The monoisotopic (exact) mass is 311 g/mol. The van der Waals surface area contributed by atoms with E-state index in [-0.39, 0.29) is 0 Å².